The van der Waals surface area contributed by atoms with E-state index in [1.807, 2.05) is 19.1 Å². The van der Waals surface area contributed by atoms with Crippen molar-refractivity contribution < 1.29 is 4.79 Å². The lowest BCUT2D eigenvalue weighted by Gasteiger charge is -2.02. The molecule has 0 fully saturated rings. The first-order valence-electron chi connectivity index (χ1n) is 4.85. The summed E-state index contributed by atoms with van der Waals surface area (Å²) in [5.41, 5.74) is 8.27. The largest absolute Gasteiger partial charge is 0.366 e. The van der Waals surface area contributed by atoms with Gasteiger partial charge in [0.1, 0.15) is 0 Å². The lowest BCUT2D eigenvalue weighted by Crippen LogP contribution is -2.11. The molecule has 4 heteroatoms. The molecule has 80 valence electrons. The van der Waals surface area contributed by atoms with Gasteiger partial charge in [0.2, 0.25) is 5.91 Å². The lowest BCUT2D eigenvalue weighted by atomic mass is 10.1. The summed E-state index contributed by atoms with van der Waals surface area (Å²) in [4.78, 5) is 19.2. The van der Waals surface area contributed by atoms with E-state index in [9.17, 15) is 4.79 Å². The molecule has 0 bridgehead atoms. The van der Waals surface area contributed by atoms with E-state index in [0.717, 1.165) is 16.8 Å². The van der Waals surface area contributed by atoms with Crippen LogP contribution in [0.5, 0.6) is 0 Å². The average molecular weight is 213 g/mol. The number of amides is 1. The highest BCUT2D eigenvalue weighted by molar-refractivity contribution is 5.93. The van der Waals surface area contributed by atoms with Crippen LogP contribution in [0.25, 0.3) is 11.3 Å². The van der Waals surface area contributed by atoms with E-state index < -0.39 is 5.91 Å². The van der Waals surface area contributed by atoms with Crippen molar-refractivity contribution in [1.29, 1.82) is 0 Å². The van der Waals surface area contributed by atoms with Crippen molar-refractivity contribution in [3.05, 3.63) is 47.9 Å². The number of aromatic nitrogens is 2. The smallest absolute Gasteiger partial charge is 0.250 e. The third-order valence-electron chi connectivity index (χ3n) is 2.23. The van der Waals surface area contributed by atoms with Gasteiger partial charge >= 0.3 is 0 Å². The number of carbonyl (C=O) groups excluding carboxylic acids is 1. The molecule has 2 aromatic heterocycles. The molecule has 0 aromatic carbocycles. The molecule has 0 spiro atoms. The minimum atomic E-state index is -0.484. The Morgan fingerprint density at radius 3 is 2.81 bits per heavy atom. The Balaban J connectivity index is 2.48. The average Bonchev–Trinajstić information content (AvgIpc) is 2.29. The van der Waals surface area contributed by atoms with Gasteiger partial charge in [-0.2, -0.15) is 0 Å². The van der Waals surface area contributed by atoms with E-state index >= 15 is 0 Å². The van der Waals surface area contributed by atoms with Crippen LogP contribution in [0, 0.1) is 6.92 Å². The van der Waals surface area contributed by atoms with Crippen LogP contribution in [0.1, 0.15) is 15.9 Å². The van der Waals surface area contributed by atoms with Gasteiger partial charge in [0.05, 0.1) is 11.3 Å². The first kappa shape index (κ1) is 10.3. The molecule has 0 saturated carbocycles. The van der Waals surface area contributed by atoms with Crippen molar-refractivity contribution in [3.8, 4) is 11.3 Å². The van der Waals surface area contributed by atoms with Gasteiger partial charge in [-0.25, -0.2) is 0 Å². The molecular weight excluding hydrogens is 202 g/mol. The Morgan fingerprint density at radius 2 is 2.12 bits per heavy atom. The molecule has 2 aromatic rings. The molecule has 16 heavy (non-hydrogen) atoms. The van der Waals surface area contributed by atoms with Crippen LogP contribution < -0.4 is 5.73 Å². The number of rotatable bonds is 2. The first-order valence-corrected chi connectivity index (χ1v) is 4.85. The zero-order chi connectivity index (χ0) is 11.5. The number of pyridine rings is 2. The van der Waals surface area contributed by atoms with Crippen LogP contribution in [0.15, 0.2) is 36.8 Å². The summed E-state index contributed by atoms with van der Waals surface area (Å²) in [7, 11) is 0. The van der Waals surface area contributed by atoms with Gasteiger partial charge in [-0.1, -0.05) is 0 Å². The second-order valence-corrected chi connectivity index (χ2v) is 3.54. The quantitative estimate of drug-likeness (QED) is 0.822. The molecule has 2 heterocycles. The molecule has 0 aliphatic rings. The van der Waals surface area contributed by atoms with E-state index in [-0.39, 0.29) is 0 Å². The molecular formula is C12H11N3O. The van der Waals surface area contributed by atoms with Gasteiger partial charge < -0.3 is 5.73 Å². The molecule has 4 nitrogen and oxygen atoms in total. The van der Waals surface area contributed by atoms with Crippen molar-refractivity contribution in [2.24, 2.45) is 5.73 Å². The van der Waals surface area contributed by atoms with Crippen molar-refractivity contribution >= 4 is 5.91 Å². The molecule has 0 saturated heterocycles. The highest BCUT2D eigenvalue weighted by Gasteiger charge is 2.04. The monoisotopic (exact) mass is 213 g/mol. The molecule has 0 unspecified atom stereocenters. The summed E-state index contributed by atoms with van der Waals surface area (Å²) in [6, 6.07) is 5.54. The van der Waals surface area contributed by atoms with E-state index in [1.54, 1.807) is 18.5 Å². The number of primary amides is 1. The fraction of sp³-hybridized carbons (Fsp3) is 0.0833. The number of hydrogen-bond donors (Lipinski definition) is 1. The minimum absolute atomic E-state index is 0.390. The van der Waals surface area contributed by atoms with E-state index in [4.69, 9.17) is 5.73 Å². The Kier molecular flexibility index (Phi) is 2.64. The maximum atomic E-state index is 11.0. The second-order valence-electron chi connectivity index (χ2n) is 3.54. The second kappa shape index (κ2) is 4.10. The standard InChI is InChI=1S/C12H11N3O/c1-8-2-3-15-11(4-8)9-5-10(12(13)16)7-14-6-9/h2-7H,1H3,(H2,13,16). The lowest BCUT2D eigenvalue weighted by molar-refractivity contribution is 0.1000. The van der Waals surface area contributed by atoms with Gasteiger partial charge in [0.25, 0.3) is 0 Å². The highest BCUT2D eigenvalue weighted by Crippen LogP contribution is 2.17. The van der Waals surface area contributed by atoms with Gasteiger partial charge in [-0.05, 0) is 30.7 Å². The molecule has 1 amide bonds. The fourth-order valence-electron chi connectivity index (χ4n) is 1.41. The first-order chi connectivity index (χ1) is 7.66. The summed E-state index contributed by atoms with van der Waals surface area (Å²) in [6.45, 7) is 1.98. The van der Waals surface area contributed by atoms with Gasteiger partial charge in [0.15, 0.2) is 0 Å². The van der Waals surface area contributed by atoms with Crippen LogP contribution in [-0.2, 0) is 0 Å². The molecule has 0 radical (unpaired) electrons. The van der Waals surface area contributed by atoms with Gasteiger partial charge in [0, 0.05) is 24.2 Å². The van der Waals surface area contributed by atoms with Crippen LogP contribution in [-0.4, -0.2) is 15.9 Å². The molecule has 0 aliphatic heterocycles. The Hall–Kier alpha value is -2.23. The fourth-order valence-corrected chi connectivity index (χ4v) is 1.41. The van der Waals surface area contributed by atoms with Gasteiger partial charge in [-0.3, -0.25) is 14.8 Å². The Labute approximate surface area is 93.2 Å². The molecule has 0 atom stereocenters. The van der Waals surface area contributed by atoms with E-state index in [1.165, 1.54) is 6.20 Å². The summed E-state index contributed by atoms with van der Waals surface area (Å²) in [5.74, 6) is -0.484. The van der Waals surface area contributed by atoms with Crippen LogP contribution in [0.3, 0.4) is 0 Å². The highest BCUT2D eigenvalue weighted by atomic mass is 16.1. The van der Waals surface area contributed by atoms with Crippen LogP contribution >= 0.6 is 0 Å². The Morgan fingerprint density at radius 1 is 1.31 bits per heavy atom. The predicted octanol–water partition coefficient (Wildman–Crippen LogP) is 1.55. The number of hydrogen-bond acceptors (Lipinski definition) is 3. The van der Waals surface area contributed by atoms with Gasteiger partial charge in [-0.15, -0.1) is 0 Å². The zero-order valence-electron chi connectivity index (χ0n) is 8.84. The van der Waals surface area contributed by atoms with E-state index in [0.29, 0.717) is 5.56 Å². The number of nitrogens with zero attached hydrogens (tertiary/aromatic N) is 2. The predicted molar refractivity (Wildman–Crippen MR) is 60.7 cm³/mol. The summed E-state index contributed by atoms with van der Waals surface area (Å²) < 4.78 is 0. The van der Waals surface area contributed by atoms with Crippen molar-refractivity contribution in [1.82, 2.24) is 9.97 Å². The summed E-state index contributed by atoms with van der Waals surface area (Å²) in [6.07, 6.45) is 4.83. The van der Waals surface area contributed by atoms with E-state index in [2.05, 4.69) is 9.97 Å². The normalized spacial score (nSPS) is 10.1. The molecule has 2 N–H and O–H groups in total. The van der Waals surface area contributed by atoms with Crippen molar-refractivity contribution in [2.75, 3.05) is 0 Å². The minimum Gasteiger partial charge on any atom is -0.366 e. The van der Waals surface area contributed by atoms with Crippen LogP contribution in [0.2, 0.25) is 0 Å². The topological polar surface area (TPSA) is 68.9 Å². The SMILES string of the molecule is Cc1ccnc(-c2cncc(C(N)=O)c2)c1. The van der Waals surface area contributed by atoms with Crippen LogP contribution in [0.4, 0.5) is 0 Å². The number of aryl methyl sites for hydroxylation is 1. The van der Waals surface area contributed by atoms with Crippen molar-refractivity contribution in [3.63, 3.8) is 0 Å². The number of nitrogens with two attached hydrogens (primary N) is 1. The molecule has 2 rings (SSSR count). The maximum absolute atomic E-state index is 11.0. The number of carbonyl (C=O) groups is 1. The maximum Gasteiger partial charge on any atom is 0.250 e. The van der Waals surface area contributed by atoms with Crippen molar-refractivity contribution in [2.45, 2.75) is 6.92 Å². The summed E-state index contributed by atoms with van der Waals surface area (Å²) >= 11 is 0. The third kappa shape index (κ3) is 2.06. The summed E-state index contributed by atoms with van der Waals surface area (Å²) in [5, 5.41) is 0. The zero-order valence-corrected chi connectivity index (χ0v) is 8.84. The Bertz CT molecular complexity index is 537. The third-order valence-corrected chi connectivity index (χ3v) is 2.23. The molecule has 0 aliphatic carbocycles.